The molecule has 7 heteroatoms. The first-order valence-corrected chi connectivity index (χ1v) is 9.51. The summed E-state index contributed by atoms with van der Waals surface area (Å²) in [7, 11) is 0. The Kier molecular flexibility index (Phi) is 5.22. The quantitative estimate of drug-likeness (QED) is 0.735. The topological polar surface area (TPSA) is 77.2 Å². The molecule has 1 amide bonds. The lowest BCUT2D eigenvalue weighted by Crippen LogP contribution is -2.37. The van der Waals surface area contributed by atoms with Crippen LogP contribution in [0.1, 0.15) is 31.2 Å². The fourth-order valence-electron chi connectivity index (χ4n) is 3.67. The van der Waals surface area contributed by atoms with Gasteiger partial charge in [0.2, 0.25) is 13.1 Å². The number of rotatable bonds is 7. The van der Waals surface area contributed by atoms with Gasteiger partial charge in [0.15, 0.2) is 17.3 Å². The zero-order valence-corrected chi connectivity index (χ0v) is 15.4. The molecular formula is C20H25NO6. The number of aliphatic hydroxyl groups is 1. The zero-order chi connectivity index (χ0) is 18.8. The van der Waals surface area contributed by atoms with E-state index in [-0.39, 0.29) is 31.1 Å². The number of hydrogen-bond donors (Lipinski definition) is 1. The van der Waals surface area contributed by atoms with Gasteiger partial charge in [0.05, 0.1) is 0 Å². The first kappa shape index (κ1) is 18.1. The minimum atomic E-state index is -0.527. The molecule has 1 aromatic rings. The average molecular weight is 375 g/mol. The zero-order valence-electron chi connectivity index (χ0n) is 15.4. The molecule has 3 heterocycles. The fraction of sp³-hybridized carbons (Fsp3) is 0.550. The van der Waals surface area contributed by atoms with Crippen LogP contribution in [0.25, 0.3) is 0 Å². The summed E-state index contributed by atoms with van der Waals surface area (Å²) in [5, 5.41) is 9.32. The summed E-state index contributed by atoms with van der Waals surface area (Å²) in [6.45, 7) is 4.25. The molecule has 0 aromatic heterocycles. The van der Waals surface area contributed by atoms with Crippen LogP contribution in [0.15, 0.2) is 30.0 Å². The van der Waals surface area contributed by atoms with E-state index in [9.17, 15) is 9.90 Å². The van der Waals surface area contributed by atoms with E-state index in [1.807, 2.05) is 31.2 Å². The van der Waals surface area contributed by atoms with Crippen LogP contribution in [0.4, 0.5) is 0 Å². The minimum Gasteiger partial charge on any atom is -0.459 e. The van der Waals surface area contributed by atoms with Gasteiger partial charge in [-0.1, -0.05) is 6.07 Å². The van der Waals surface area contributed by atoms with Crippen molar-refractivity contribution in [1.29, 1.82) is 0 Å². The molecule has 3 aliphatic heterocycles. The van der Waals surface area contributed by atoms with Crippen LogP contribution in [0, 0.1) is 5.92 Å². The predicted octanol–water partition coefficient (Wildman–Crippen LogP) is 2.01. The Morgan fingerprint density at radius 3 is 2.85 bits per heavy atom. The van der Waals surface area contributed by atoms with Crippen molar-refractivity contribution in [3.8, 4) is 11.5 Å². The molecule has 4 rings (SSSR count). The molecule has 3 aliphatic rings. The first-order valence-electron chi connectivity index (χ1n) is 9.51. The van der Waals surface area contributed by atoms with Gasteiger partial charge in [-0.05, 0) is 43.5 Å². The van der Waals surface area contributed by atoms with Gasteiger partial charge in [0.25, 0.3) is 5.91 Å². The Morgan fingerprint density at radius 1 is 1.30 bits per heavy atom. The highest BCUT2D eigenvalue weighted by atomic mass is 16.7. The molecule has 1 fully saturated rings. The van der Waals surface area contributed by atoms with Gasteiger partial charge in [0, 0.05) is 38.1 Å². The lowest BCUT2D eigenvalue weighted by molar-refractivity contribution is -0.168. The molecule has 0 saturated carbocycles. The van der Waals surface area contributed by atoms with Gasteiger partial charge in [-0.15, -0.1) is 0 Å². The molecule has 1 N–H and O–H groups in total. The number of nitrogens with zero attached hydrogens (tertiary/aromatic N) is 1. The van der Waals surface area contributed by atoms with E-state index in [1.165, 1.54) is 0 Å². The standard InChI is InChI=1S/C20H25NO6/c1-2-24-20-14(4-3-9-22)15(11-18(27-20)19(23)21-7-8-21)13-5-6-16-17(10-13)26-12-25-16/h5-6,10-11,14-15,20,22H,2-4,7-9,12H2,1H3/t14-,15-,20-/m1/s1. The third kappa shape index (κ3) is 3.75. The van der Waals surface area contributed by atoms with Crippen molar-refractivity contribution in [2.24, 2.45) is 5.92 Å². The summed E-state index contributed by atoms with van der Waals surface area (Å²) < 4.78 is 22.7. The minimum absolute atomic E-state index is 0.0109. The van der Waals surface area contributed by atoms with E-state index in [0.717, 1.165) is 30.8 Å². The fourth-order valence-corrected chi connectivity index (χ4v) is 3.67. The van der Waals surface area contributed by atoms with Crippen molar-refractivity contribution in [2.45, 2.75) is 32.0 Å². The van der Waals surface area contributed by atoms with E-state index >= 15 is 0 Å². The summed E-state index contributed by atoms with van der Waals surface area (Å²) in [5.41, 5.74) is 1.02. The highest BCUT2D eigenvalue weighted by molar-refractivity contribution is 5.93. The Morgan fingerprint density at radius 2 is 2.11 bits per heavy atom. The monoisotopic (exact) mass is 375 g/mol. The normalized spacial score (nSPS) is 25.8. The van der Waals surface area contributed by atoms with E-state index in [4.69, 9.17) is 18.9 Å². The number of fused-ring (bicyclic) bond motifs is 1. The van der Waals surface area contributed by atoms with Crippen LogP contribution in [-0.4, -0.2) is 55.3 Å². The number of aliphatic hydroxyl groups excluding tert-OH is 1. The number of amides is 1. The van der Waals surface area contributed by atoms with Crippen molar-refractivity contribution in [3.63, 3.8) is 0 Å². The second-order valence-corrected chi connectivity index (χ2v) is 6.93. The molecule has 0 unspecified atom stereocenters. The lowest BCUT2D eigenvalue weighted by atomic mass is 9.80. The van der Waals surface area contributed by atoms with Crippen LogP contribution in [0.5, 0.6) is 11.5 Å². The molecule has 0 aliphatic carbocycles. The highest BCUT2D eigenvalue weighted by Gasteiger charge is 2.40. The molecule has 0 radical (unpaired) electrons. The summed E-state index contributed by atoms with van der Waals surface area (Å²) >= 11 is 0. The Labute approximate surface area is 158 Å². The largest absolute Gasteiger partial charge is 0.459 e. The predicted molar refractivity (Wildman–Crippen MR) is 96.3 cm³/mol. The second-order valence-electron chi connectivity index (χ2n) is 6.93. The number of allylic oxidation sites excluding steroid dienone is 1. The molecule has 7 nitrogen and oxygen atoms in total. The van der Waals surface area contributed by atoms with Crippen molar-refractivity contribution < 1.29 is 28.8 Å². The molecule has 146 valence electrons. The average Bonchev–Trinajstić information content (AvgIpc) is 3.43. The Balaban J connectivity index is 1.69. The van der Waals surface area contributed by atoms with Crippen molar-refractivity contribution in [1.82, 2.24) is 4.90 Å². The SMILES string of the molecule is CCO[C@@H]1OC(C(=O)N2CC2)=C[C@H](c2ccc3c(c2)OCO3)[C@H]1CCCO. The second kappa shape index (κ2) is 7.78. The Hall–Kier alpha value is -2.25. The smallest absolute Gasteiger partial charge is 0.288 e. The van der Waals surface area contributed by atoms with Crippen LogP contribution >= 0.6 is 0 Å². The first-order chi connectivity index (χ1) is 13.2. The Bertz CT molecular complexity index is 729. The van der Waals surface area contributed by atoms with Crippen LogP contribution in [-0.2, 0) is 14.3 Å². The molecule has 1 aromatic carbocycles. The van der Waals surface area contributed by atoms with Crippen LogP contribution < -0.4 is 9.47 Å². The van der Waals surface area contributed by atoms with Crippen molar-refractivity contribution in [3.05, 3.63) is 35.6 Å². The molecule has 0 spiro atoms. The van der Waals surface area contributed by atoms with Crippen molar-refractivity contribution >= 4 is 5.91 Å². The van der Waals surface area contributed by atoms with Gasteiger partial charge < -0.3 is 29.0 Å². The third-order valence-electron chi connectivity index (χ3n) is 5.14. The molecule has 27 heavy (non-hydrogen) atoms. The molecular weight excluding hydrogens is 350 g/mol. The number of carbonyl (C=O) groups excluding carboxylic acids is 1. The summed E-state index contributed by atoms with van der Waals surface area (Å²) in [6.07, 6.45) is 2.74. The van der Waals surface area contributed by atoms with E-state index in [1.54, 1.807) is 4.90 Å². The van der Waals surface area contributed by atoms with Crippen molar-refractivity contribution in [2.75, 3.05) is 33.1 Å². The maximum Gasteiger partial charge on any atom is 0.288 e. The van der Waals surface area contributed by atoms with Gasteiger partial charge >= 0.3 is 0 Å². The van der Waals surface area contributed by atoms with E-state index in [2.05, 4.69) is 0 Å². The van der Waals surface area contributed by atoms with Crippen LogP contribution in [0.3, 0.4) is 0 Å². The number of ether oxygens (including phenoxy) is 4. The molecule has 3 atom stereocenters. The number of carbonyl (C=O) groups is 1. The maximum absolute atomic E-state index is 12.6. The van der Waals surface area contributed by atoms with Gasteiger partial charge in [-0.3, -0.25) is 4.79 Å². The lowest BCUT2D eigenvalue weighted by Gasteiger charge is -2.37. The third-order valence-corrected chi connectivity index (χ3v) is 5.14. The van der Waals surface area contributed by atoms with Crippen LogP contribution in [0.2, 0.25) is 0 Å². The van der Waals surface area contributed by atoms with Gasteiger partial charge in [0.1, 0.15) is 0 Å². The van der Waals surface area contributed by atoms with Gasteiger partial charge in [-0.25, -0.2) is 0 Å². The number of benzene rings is 1. The van der Waals surface area contributed by atoms with E-state index < -0.39 is 6.29 Å². The van der Waals surface area contributed by atoms with E-state index in [0.29, 0.717) is 24.5 Å². The van der Waals surface area contributed by atoms with Gasteiger partial charge in [-0.2, -0.15) is 0 Å². The highest BCUT2D eigenvalue weighted by Crippen LogP contribution is 2.43. The molecule has 1 saturated heterocycles. The molecule has 0 bridgehead atoms. The summed E-state index contributed by atoms with van der Waals surface area (Å²) in [4.78, 5) is 14.3. The maximum atomic E-state index is 12.6. The number of hydrogen-bond acceptors (Lipinski definition) is 6. The summed E-state index contributed by atoms with van der Waals surface area (Å²) in [6, 6.07) is 5.85. The summed E-state index contributed by atoms with van der Waals surface area (Å²) in [5.74, 6) is 1.60.